The van der Waals surface area contributed by atoms with Crippen molar-refractivity contribution in [1.82, 2.24) is 39.2 Å². The summed E-state index contributed by atoms with van der Waals surface area (Å²) in [5.74, 6) is 1.60. The van der Waals surface area contributed by atoms with Gasteiger partial charge in [0.25, 0.3) is 0 Å². The predicted octanol–water partition coefficient (Wildman–Crippen LogP) is 1.98. The van der Waals surface area contributed by atoms with Crippen LogP contribution in [0.3, 0.4) is 0 Å². The molecule has 0 spiro atoms. The molecule has 1 aromatic carbocycles. The topological polar surface area (TPSA) is 111 Å². The van der Waals surface area contributed by atoms with E-state index in [9.17, 15) is 4.39 Å². The summed E-state index contributed by atoms with van der Waals surface area (Å²) in [4.78, 5) is 15.3. The largest absolute Gasteiger partial charge is 0.493 e. The molecule has 0 radical (unpaired) electrons. The van der Waals surface area contributed by atoms with Gasteiger partial charge in [-0.2, -0.15) is 9.61 Å². The van der Waals surface area contributed by atoms with Crippen LogP contribution in [-0.2, 0) is 13.0 Å². The first kappa shape index (κ1) is 19.3. The third kappa shape index (κ3) is 3.02. The number of ether oxygens (including phenoxy) is 1. The van der Waals surface area contributed by atoms with E-state index >= 15 is 0 Å². The van der Waals surface area contributed by atoms with E-state index in [1.54, 1.807) is 33.7 Å². The van der Waals surface area contributed by atoms with Crippen molar-refractivity contribution in [3.05, 3.63) is 54.1 Å². The standard InChI is InChI=1S/C21H19FN10O/c1-30(2)21-25-9-14(18-26-10-28-32(18)21)15-8-24-20(31-11-27-29-19(15)31)23-7-13-12-5-6-33-17(12)4-3-16(13)22/h3-4,8-11H,5-7H2,1-2H3,(H,23,24). The van der Waals surface area contributed by atoms with Crippen LogP contribution in [0.15, 0.2) is 37.2 Å². The lowest BCUT2D eigenvalue weighted by Crippen LogP contribution is -2.16. The maximum atomic E-state index is 14.5. The van der Waals surface area contributed by atoms with E-state index in [2.05, 4.69) is 35.6 Å². The molecule has 166 valence electrons. The second kappa shape index (κ2) is 7.36. The third-order valence-electron chi connectivity index (χ3n) is 5.67. The molecule has 11 nitrogen and oxygen atoms in total. The minimum Gasteiger partial charge on any atom is -0.493 e. The van der Waals surface area contributed by atoms with E-state index in [1.165, 1.54) is 12.4 Å². The lowest BCUT2D eigenvalue weighted by molar-refractivity contribution is 0.356. The molecule has 33 heavy (non-hydrogen) atoms. The van der Waals surface area contributed by atoms with Crippen molar-refractivity contribution in [2.24, 2.45) is 0 Å². The normalized spacial score (nSPS) is 12.8. The molecule has 4 aromatic heterocycles. The highest BCUT2D eigenvalue weighted by Gasteiger charge is 2.21. The molecule has 5 aromatic rings. The number of hydrogen-bond donors (Lipinski definition) is 1. The molecule has 0 bridgehead atoms. The highest BCUT2D eigenvalue weighted by atomic mass is 19.1. The Hall–Kier alpha value is -4.35. The maximum Gasteiger partial charge on any atom is 0.228 e. The van der Waals surface area contributed by atoms with Crippen molar-refractivity contribution < 1.29 is 9.13 Å². The van der Waals surface area contributed by atoms with Crippen molar-refractivity contribution in [3.8, 4) is 16.9 Å². The maximum absolute atomic E-state index is 14.5. The zero-order valence-electron chi connectivity index (χ0n) is 17.9. The first-order valence-electron chi connectivity index (χ1n) is 10.3. The average molecular weight is 446 g/mol. The molecular formula is C21H19FN10O. The smallest absolute Gasteiger partial charge is 0.228 e. The van der Waals surface area contributed by atoms with Crippen LogP contribution >= 0.6 is 0 Å². The molecule has 0 aliphatic carbocycles. The van der Waals surface area contributed by atoms with E-state index in [0.29, 0.717) is 47.3 Å². The molecule has 0 saturated carbocycles. The van der Waals surface area contributed by atoms with E-state index in [4.69, 9.17) is 4.74 Å². The molecule has 5 heterocycles. The van der Waals surface area contributed by atoms with Gasteiger partial charge >= 0.3 is 0 Å². The first-order chi connectivity index (χ1) is 16.1. The van der Waals surface area contributed by atoms with Gasteiger partial charge < -0.3 is 15.0 Å². The Kier molecular flexibility index (Phi) is 4.31. The monoisotopic (exact) mass is 446 g/mol. The van der Waals surface area contributed by atoms with Crippen molar-refractivity contribution in [2.45, 2.75) is 13.0 Å². The number of benzene rings is 1. The van der Waals surface area contributed by atoms with Crippen molar-refractivity contribution in [2.75, 3.05) is 30.9 Å². The Bertz CT molecular complexity index is 1510. The first-order valence-corrected chi connectivity index (χ1v) is 10.3. The van der Waals surface area contributed by atoms with Crippen LogP contribution in [0.4, 0.5) is 16.3 Å². The Morgan fingerprint density at radius 3 is 2.85 bits per heavy atom. The van der Waals surface area contributed by atoms with Crippen molar-refractivity contribution >= 4 is 23.2 Å². The number of anilines is 2. The van der Waals surface area contributed by atoms with Gasteiger partial charge in [0.2, 0.25) is 11.9 Å². The molecule has 12 heteroatoms. The van der Waals surface area contributed by atoms with Gasteiger partial charge in [0, 0.05) is 50.6 Å². The quantitative estimate of drug-likeness (QED) is 0.433. The Morgan fingerprint density at radius 1 is 1.12 bits per heavy atom. The molecule has 6 rings (SSSR count). The van der Waals surface area contributed by atoms with E-state index < -0.39 is 0 Å². The van der Waals surface area contributed by atoms with Gasteiger partial charge in [0.1, 0.15) is 24.2 Å². The van der Waals surface area contributed by atoms with Crippen molar-refractivity contribution in [3.63, 3.8) is 0 Å². The number of nitrogens with one attached hydrogen (secondary N) is 1. The summed E-state index contributed by atoms with van der Waals surface area (Å²) in [6, 6.07) is 3.10. The fourth-order valence-corrected chi connectivity index (χ4v) is 4.12. The zero-order chi connectivity index (χ0) is 22.5. The molecule has 0 unspecified atom stereocenters. The lowest BCUT2D eigenvalue weighted by atomic mass is 10.0. The Labute approximate surface area is 186 Å². The number of aromatic nitrogens is 8. The second-order valence-electron chi connectivity index (χ2n) is 7.84. The van der Waals surface area contributed by atoms with Gasteiger partial charge in [-0.3, -0.25) is 4.40 Å². The molecule has 0 saturated heterocycles. The molecular weight excluding hydrogens is 427 g/mol. The summed E-state index contributed by atoms with van der Waals surface area (Å²) in [6.07, 6.45) is 7.13. The SMILES string of the molecule is CN(C)c1ncc(-c2cnc(NCc3c(F)ccc4c3CCO4)n3cnnc23)c2ncnn12. The van der Waals surface area contributed by atoms with Crippen LogP contribution in [0.5, 0.6) is 5.75 Å². The molecule has 1 aliphatic rings. The number of rotatable bonds is 5. The fraction of sp³-hybridized carbons (Fsp3) is 0.238. The van der Waals surface area contributed by atoms with Gasteiger partial charge in [-0.05, 0) is 12.1 Å². The molecule has 1 aliphatic heterocycles. The molecule has 0 atom stereocenters. The van der Waals surface area contributed by atoms with Gasteiger partial charge in [-0.25, -0.2) is 19.3 Å². The predicted molar refractivity (Wildman–Crippen MR) is 118 cm³/mol. The average Bonchev–Trinajstić information content (AvgIpc) is 3.57. The minimum atomic E-state index is -0.273. The summed E-state index contributed by atoms with van der Waals surface area (Å²) < 4.78 is 23.5. The highest BCUT2D eigenvalue weighted by Crippen LogP contribution is 2.31. The van der Waals surface area contributed by atoms with Crippen LogP contribution in [0, 0.1) is 5.82 Å². The van der Waals surface area contributed by atoms with Crippen molar-refractivity contribution in [1.29, 1.82) is 0 Å². The Morgan fingerprint density at radius 2 is 1.97 bits per heavy atom. The summed E-state index contributed by atoms with van der Waals surface area (Å²) >= 11 is 0. The number of halogens is 1. The Balaban J connectivity index is 1.39. The lowest BCUT2D eigenvalue weighted by Gasteiger charge is -2.14. The number of hydrogen-bond acceptors (Lipinski definition) is 9. The van der Waals surface area contributed by atoms with Crippen LogP contribution in [0.25, 0.3) is 22.4 Å². The molecule has 0 fully saturated rings. The van der Waals surface area contributed by atoms with Crippen LogP contribution < -0.4 is 15.0 Å². The van der Waals surface area contributed by atoms with Gasteiger partial charge in [0.05, 0.1) is 17.7 Å². The highest BCUT2D eigenvalue weighted by molar-refractivity contribution is 5.85. The van der Waals surface area contributed by atoms with E-state index in [-0.39, 0.29) is 12.4 Å². The van der Waals surface area contributed by atoms with Crippen LogP contribution in [-0.4, -0.2) is 59.9 Å². The number of fused-ring (bicyclic) bond motifs is 3. The number of nitrogens with zero attached hydrogens (tertiary/aromatic N) is 9. The third-order valence-corrected chi connectivity index (χ3v) is 5.67. The van der Waals surface area contributed by atoms with Gasteiger partial charge in [0.15, 0.2) is 11.3 Å². The molecule has 1 N–H and O–H groups in total. The summed E-state index contributed by atoms with van der Waals surface area (Å²) in [6.45, 7) is 0.817. The summed E-state index contributed by atoms with van der Waals surface area (Å²) in [5.41, 5.74) is 4.08. The van der Waals surface area contributed by atoms with Gasteiger partial charge in [-0.15, -0.1) is 10.2 Å². The van der Waals surface area contributed by atoms with Crippen LogP contribution in [0.1, 0.15) is 11.1 Å². The van der Waals surface area contributed by atoms with E-state index in [1.807, 2.05) is 19.0 Å². The fourth-order valence-electron chi connectivity index (χ4n) is 4.12. The van der Waals surface area contributed by atoms with Gasteiger partial charge in [-0.1, -0.05) is 0 Å². The molecule has 0 amide bonds. The summed E-state index contributed by atoms with van der Waals surface area (Å²) in [7, 11) is 3.78. The van der Waals surface area contributed by atoms with Crippen LogP contribution in [0.2, 0.25) is 0 Å². The minimum absolute atomic E-state index is 0.255. The summed E-state index contributed by atoms with van der Waals surface area (Å²) in [5, 5.41) is 15.8. The van der Waals surface area contributed by atoms with E-state index in [0.717, 1.165) is 16.9 Å². The zero-order valence-corrected chi connectivity index (χ0v) is 17.9. The second-order valence-corrected chi connectivity index (χ2v) is 7.84.